The number of benzene rings is 4. The van der Waals surface area contributed by atoms with Gasteiger partial charge in [-0.2, -0.15) is 0 Å². The number of carboxylic acid groups (broad SMARTS) is 1. The minimum absolute atomic E-state index is 0. The van der Waals surface area contributed by atoms with Gasteiger partial charge in [-0.1, -0.05) is 84.9 Å². The monoisotopic (exact) mass is 839 g/mol. The highest BCUT2D eigenvalue weighted by Crippen LogP contribution is 2.25. The molecule has 61 heavy (non-hydrogen) atoms. The number of hydrogen-bond donors (Lipinski definition) is 2. The highest BCUT2D eigenvalue weighted by atomic mass is 16.6. The van der Waals surface area contributed by atoms with Crippen molar-refractivity contribution in [3.8, 4) is 11.5 Å². The average molecular weight is 840 g/mol. The number of aliphatic hydroxyl groups excluding tert-OH is 1. The van der Waals surface area contributed by atoms with Crippen LogP contribution < -0.4 is 9.47 Å². The fourth-order valence-corrected chi connectivity index (χ4v) is 6.73. The van der Waals surface area contributed by atoms with Crippen LogP contribution in [-0.2, 0) is 54.9 Å². The van der Waals surface area contributed by atoms with E-state index >= 15 is 0 Å². The Morgan fingerprint density at radius 1 is 0.607 bits per heavy atom. The molecule has 3 heterocycles. The number of carbonyl (C=O) groups excluding carboxylic acids is 2. The van der Waals surface area contributed by atoms with Crippen LogP contribution >= 0.6 is 0 Å². The van der Waals surface area contributed by atoms with Crippen molar-refractivity contribution in [2.75, 3.05) is 47.1 Å². The van der Waals surface area contributed by atoms with Crippen LogP contribution in [0.25, 0.3) is 0 Å². The lowest BCUT2D eigenvalue weighted by molar-refractivity contribution is -0.141. The Bertz CT molecular complexity index is 1860. The van der Waals surface area contributed by atoms with Crippen molar-refractivity contribution >= 4 is 26.6 Å². The molecule has 3 saturated heterocycles. The van der Waals surface area contributed by atoms with Crippen LogP contribution in [0.5, 0.6) is 11.5 Å². The van der Waals surface area contributed by atoms with Crippen molar-refractivity contribution < 1.29 is 57.8 Å². The standard InChI is InChI=1S/C21H23NO6.C21H25NO5.C4H8O.B/c1-26-17-9-7-16(8-10-17)13-27-18-11-19(20(23)24)22(12-18)21(25)28-14-15-5-3-2-4-6-15;1-25-19-9-7-17(8-10-19)14-26-20-11-18(13-23)22(12-20)21(24)27-15-16-5-3-2-4-6-16;1-2-4-5-3-1;/h2-10,18-19H,11-14H2,1H3,(H,23,24);2-10,18,20,23H,11-15H2,1H3;1-4H2;/t18-,19+;18-,20+;;/m10../s1. The number of rotatable bonds is 14. The van der Waals surface area contributed by atoms with Gasteiger partial charge >= 0.3 is 18.2 Å². The van der Waals surface area contributed by atoms with E-state index in [-0.39, 0.29) is 59.4 Å². The van der Waals surface area contributed by atoms with E-state index in [1.54, 1.807) is 19.1 Å². The maximum atomic E-state index is 12.4. The second-order valence-electron chi connectivity index (χ2n) is 14.4. The molecule has 3 aliphatic heterocycles. The van der Waals surface area contributed by atoms with Gasteiger partial charge in [-0.25, -0.2) is 14.4 Å². The van der Waals surface area contributed by atoms with E-state index in [0.29, 0.717) is 26.2 Å². The van der Waals surface area contributed by atoms with Crippen LogP contribution in [0, 0.1) is 0 Å². The summed E-state index contributed by atoms with van der Waals surface area (Å²) < 4.78 is 37.6. The third kappa shape index (κ3) is 15.7. The van der Waals surface area contributed by atoms with Gasteiger partial charge in [0.05, 0.1) is 65.4 Å². The summed E-state index contributed by atoms with van der Waals surface area (Å²) in [5.41, 5.74) is 3.74. The molecule has 2 amide bonds. The van der Waals surface area contributed by atoms with E-state index in [1.165, 1.54) is 17.7 Å². The predicted octanol–water partition coefficient (Wildman–Crippen LogP) is 6.48. The van der Waals surface area contributed by atoms with Gasteiger partial charge in [0, 0.05) is 28.0 Å². The first kappa shape index (κ1) is 48.1. The van der Waals surface area contributed by atoms with Crippen LogP contribution in [0.4, 0.5) is 9.59 Å². The van der Waals surface area contributed by atoms with Crippen molar-refractivity contribution in [1.82, 2.24) is 9.80 Å². The number of likely N-dealkylation sites (tertiary alicyclic amines) is 2. The Balaban J connectivity index is 0.000000237. The molecule has 3 radical (unpaired) electrons. The summed E-state index contributed by atoms with van der Waals surface area (Å²) in [6.07, 6.45) is 1.81. The zero-order chi connectivity index (χ0) is 42.5. The van der Waals surface area contributed by atoms with Crippen molar-refractivity contribution in [3.63, 3.8) is 0 Å². The SMILES string of the molecule is C1CCOC1.COc1ccc(CO[C@@H]2C[C@@H](C(=O)O)N(C(=O)OCc3ccccc3)C2)cc1.COc1ccc(CO[C@@H]2C[C@@H](CO)N(C(=O)OCc3ccccc3)C2)cc1.[B]. The summed E-state index contributed by atoms with van der Waals surface area (Å²) in [5, 5.41) is 19.1. The molecule has 4 aromatic carbocycles. The van der Waals surface area contributed by atoms with Crippen LogP contribution in [0.2, 0.25) is 0 Å². The molecule has 3 fully saturated rings. The molecule has 2 N–H and O–H groups in total. The third-order valence-corrected chi connectivity index (χ3v) is 10.1. The zero-order valence-corrected chi connectivity index (χ0v) is 34.8. The molecule has 4 atom stereocenters. The molecule has 0 aliphatic carbocycles. The summed E-state index contributed by atoms with van der Waals surface area (Å²) in [6, 6.07) is 32.6. The Labute approximate surface area is 359 Å². The van der Waals surface area contributed by atoms with E-state index in [2.05, 4.69) is 0 Å². The van der Waals surface area contributed by atoms with Crippen LogP contribution in [-0.4, -0.2) is 118 Å². The maximum Gasteiger partial charge on any atom is 0.410 e. The maximum absolute atomic E-state index is 12.4. The molecule has 3 aliphatic rings. The number of ether oxygens (including phenoxy) is 7. The minimum Gasteiger partial charge on any atom is -0.497 e. The highest BCUT2D eigenvalue weighted by molar-refractivity contribution is 5.81. The predicted molar refractivity (Wildman–Crippen MR) is 227 cm³/mol. The third-order valence-electron chi connectivity index (χ3n) is 10.1. The molecule has 0 bridgehead atoms. The Morgan fingerprint density at radius 2 is 1.03 bits per heavy atom. The second kappa shape index (κ2) is 25.9. The average Bonchev–Trinajstić information content (AvgIpc) is 4.11. The summed E-state index contributed by atoms with van der Waals surface area (Å²) in [4.78, 5) is 39.1. The van der Waals surface area contributed by atoms with Gasteiger partial charge in [-0.15, -0.1) is 0 Å². The number of aliphatic carboxylic acids is 1. The van der Waals surface area contributed by atoms with Gasteiger partial charge in [-0.05, 0) is 65.8 Å². The lowest BCUT2D eigenvalue weighted by Crippen LogP contribution is -2.40. The van der Waals surface area contributed by atoms with Crippen LogP contribution in [0.3, 0.4) is 0 Å². The number of amides is 2. The normalized spacial score (nSPS) is 19.0. The number of aliphatic hydroxyl groups is 1. The zero-order valence-electron chi connectivity index (χ0n) is 34.8. The second-order valence-corrected chi connectivity index (χ2v) is 14.4. The number of hydrogen-bond acceptors (Lipinski definition) is 11. The fourth-order valence-electron chi connectivity index (χ4n) is 6.73. The molecule has 7 rings (SSSR count). The van der Waals surface area contributed by atoms with Crippen molar-refractivity contribution in [2.45, 2.75) is 76.4 Å². The Kier molecular flexibility index (Phi) is 20.4. The van der Waals surface area contributed by atoms with E-state index < -0.39 is 24.2 Å². The van der Waals surface area contributed by atoms with Crippen molar-refractivity contribution in [2.24, 2.45) is 0 Å². The smallest absolute Gasteiger partial charge is 0.410 e. The Hall–Kier alpha value is -5.61. The molecular formula is C46H56BN2O12. The van der Waals surface area contributed by atoms with Crippen molar-refractivity contribution in [1.29, 1.82) is 0 Å². The summed E-state index contributed by atoms with van der Waals surface area (Å²) >= 11 is 0. The minimum atomic E-state index is -1.06. The molecule has 0 aromatic heterocycles. The van der Waals surface area contributed by atoms with Crippen LogP contribution in [0.15, 0.2) is 109 Å². The number of carboxylic acids is 1. The fraction of sp³-hybridized carbons (Fsp3) is 0.413. The largest absolute Gasteiger partial charge is 0.497 e. The number of nitrogens with zero attached hydrogens (tertiary/aromatic N) is 2. The first-order chi connectivity index (χ1) is 29.3. The van der Waals surface area contributed by atoms with Crippen LogP contribution in [0.1, 0.15) is 47.9 Å². The van der Waals surface area contributed by atoms with Gasteiger partial charge in [0.2, 0.25) is 0 Å². The van der Waals surface area contributed by atoms with Gasteiger partial charge in [0.15, 0.2) is 0 Å². The van der Waals surface area contributed by atoms with Gasteiger partial charge in [-0.3, -0.25) is 4.90 Å². The molecule has 0 unspecified atom stereocenters. The molecule has 4 aromatic rings. The first-order valence-electron chi connectivity index (χ1n) is 20.1. The molecule has 15 heteroatoms. The summed E-state index contributed by atoms with van der Waals surface area (Å²) in [6.45, 7) is 3.57. The number of carbonyl (C=O) groups is 3. The lowest BCUT2D eigenvalue weighted by Gasteiger charge is -2.22. The topological polar surface area (TPSA) is 163 Å². The molecule has 14 nitrogen and oxygen atoms in total. The van der Waals surface area contributed by atoms with Gasteiger partial charge < -0.3 is 48.3 Å². The first-order valence-corrected chi connectivity index (χ1v) is 20.1. The van der Waals surface area contributed by atoms with Gasteiger partial charge in [0.25, 0.3) is 0 Å². The molecule has 325 valence electrons. The van der Waals surface area contributed by atoms with E-state index in [1.807, 2.05) is 109 Å². The molecule has 0 spiro atoms. The summed E-state index contributed by atoms with van der Waals surface area (Å²) in [5.74, 6) is 0.488. The number of methoxy groups -OCH3 is 2. The highest BCUT2D eigenvalue weighted by Gasteiger charge is 2.41. The summed E-state index contributed by atoms with van der Waals surface area (Å²) in [7, 11) is 3.23. The van der Waals surface area contributed by atoms with Crippen molar-refractivity contribution in [3.05, 3.63) is 131 Å². The van der Waals surface area contributed by atoms with E-state index in [9.17, 15) is 24.6 Å². The lowest BCUT2D eigenvalue weighted by atomic mass is 10.2. The van der Waals surface area contributed by atoms with Gasteiger partial charge in [0.1, 0.15) is 30.8 Å². The molecule has 0 saturated carbocycles. The Morgan fingerprint density at radius 3 is 1.44 bits per heavy atom. The molecular weight excluding hydrogens is 783 g/mol. The van der Waals surface area contributed by atoms with E-state index in [0.717, 1.165) is 47.0 Å². The van der Waals surface area contributed by atoms with E-state index in [4.69, 9.17) is 33.2 Å². The quantitative estimate of drug-likeness (QED) is 0.133.